The molecule has 17 heavy (non-hydrogen) atoms. The Labute approximate surface area is 100 Å². The van der Waals surface area contributed by atoms with Gasteiger partial charge in [0.2, 0.25) is 0 Å². The maximum atomic E-state index is 11.2. The lowest BCUT2D eigenvalue weighted by molar-refractivity contribution is -0.138. The average Bonchev–Trinajstić information content (AvgIpc) is 3.07. The molecule has 1 aromatic rings. The molecule has 0 aromatic carbocycles. The molecule has 0 radical (unpaired) electrons. The predicted molar refractivity (Wildman–Crippen MR) is 62.1 cm³/mol. The summed E-state index contributed by atoms with van der Waals surface area (Å²) in [5.41, 5.74) is 2.86. The molecular formula is C13H16N2O2. The number of hydrogen-bond donors (Lipinski definition) is 1. The number of carbonyl (C=O) groups is 1. The minimum Gasteiger partial charge on any atom is -0.481 e. The molecule has 0 amide bonds. The molecule has 2 aliphatic rings. The molecule has 0 spiro atoms. The molecule has 4 nitrogen and oxygen atoms in total. The average molecular weight is 232 g/mol. The Balaban J connectivity index is 2.08. The van der Waals surface area contributed by atoms with Crippen LogP contribution < -0.4 is 0 Å². The minimum atomic E-state index is -0.735. The summed E-state index contributed by atoms with van der Waals surface area (Å²) < 4.78 is 0. The monoisotopic (exact) mass is 232 g/mol. The zero-order chi connectivity index (χ0) is 12.0. The van der Waals surface area contributed by atoms with Crippen LogP contribution >= 0.6 is 0 Å². The van der Waals surface area contributed by atoms with E-state index in [1.54, 1.807) is 0 Å². The third kappa shape index (κ3) is 1.72. The van der Waals surface area contributed by atoms with E-state index in [1.807, 2.05) is 6.92 Å². The highest BCUT2D eigenvalue weighted by atomic mass is 16.4. The van der Waals surface area contributed by atoms with Crippen molar-refractivity contribution >= 4 is 5.97 Å². The van der Waals surface area contributed by atoms with Gasteiger partial charge in [-0.25, -0.2) is 9.97 Å². The number of carboxylic acids is 1. The summed E-state index contributed by atoms with van der Waals surface area (Å²) in [4.78, 5) is 20.4. The van der Waals surface area contributed by atoms with Gasteiger partial charge in [-0.3, -0.25) is 4.79 Å². The minimum absolute atomic E-state index is 0.381. The van der Waals surface area contributed by atoms with E-state index in [9.17, 15) is 9.90 Å². The molecule has 1 atom stereocenters. The van der Waals surface area contributed by atoms with Gasteiger partial charge in [0.05, 0.1) is 5.92 Å². The Morgan fingerprint density at radius 1 is 1.35 bits per heavy atom. The maximum Gasteiger partial charge on any atom is 0.311 e. The van der Waals surface area contributed by atoms with Crippen molar-refractivity contribution in [2.75, 3.05) is 0 Å². The lowest BCUT2D eigenvalue weighted by atomic mass is 10.00. The van der Waals surface area contributed by atoms with Crippen LogP contribution in [0.3, 0.4) is 0 Å². The standard InChI is InChI=1S/C13H16N2O2/c1-2-9-11-8(13(16)17)5-6-10(11)15-12(14-9)7-3-4-7/h7-8H,2-6H2,1H3,(H,16,17). The highest BCUT2D eigenvalue weighted by Gasteiger charge is 2.35. The Morgan fingerprint density at radius 2 is 2.12 bits per heavy atom. The van der Waals surface area contributed by atoms with Gasteiger partial charge in [-0.15, -0.1) is 0 Å². The van der Waals surface area contributed by atoms with Crippen molar-refractivity contribution in [2.45, 2.75) is 50.9 Å². The second-order valence-electron chi connectivity index (χ2n) is 4.95. The van der Waals surface area contributed by atoms with E-state index >= 15 is 0 Å². The van der Waals surface area contributed by atoms with Crippen LogP contribution in [0, 0.1) is 0 Å². The zero-order valence-electron chi connectivity index (χ0n) is 9.94. The lowest BCUT2D eigenvalue weighted by Gasteiger charge is -2.11. The van der Waals surface area contributed by atoms with Crippen molar-refractivity contribution in [2.24, 2.45) is 0 Å². The van der Waals surface area contributed by atoms with Gasteiger partial charge in [0.15, 0.2) is 0 Å². The van der Waals surface area contributed by atoms with Crippen LogP contribution in [-0.4, -0.2) is 21.0 Å². The topological polar surface area (TPSA) is 63.1 Å². The summed E-state index contributed by atoms with van der Waals surface area (Å²) in [6.07, 6.45) is 4.64. The number of nitrogens with zero attached hydrogens (tertiary/aromatic N) is 2. The second kappa shape index (κ2) is 3.79. The second-order valence-corrected chi connectivity index (χ2v) is 4.95. The van der Waals surface area contributed by atoms with Crippen LogP contribution in [0.4, 0.5) is 0 Å². The molecule has 1 unspecified atom stereocenters. The van der Waals surface area contributed by atoms with E-state index < -0.39 is 5.97 Å². The third-order valence-corrected chi connectivity index (χ3v) is 3.71. The van der Waals surface area contributed by atoms with E-state index in [1.165, 1.54) is 12.8 Å². The smallest absolute Gasteiger partial charge is 0.311 e. The number of fused-ring (bicyclic) bond motifs is 1. The van der Waals surface area contributed by atoms with Gasteiger partial charge in [-0.1, -0.05) is 6.92 Å². The van der Waals surface area contributed by atoms with Crippen molar-refractivity contribution in [1.82, 2.24) is 9.97 Å². The largest absolute Gasteiger partial charge is 0.481 e. The molecule has 1 aromatic heterocycles. The van der Waals surface area contributed by atoms with Gasteiger partial charge < -0.3 is 5.11 Å². The number of aryl methyl sites for hydroxylation is 2. The molecule has 1 saturated carbocycles. The maximum absolute atomic E-state index is 11.2. The lowest BCUT2D eigenvalue weighted by Crippen LogP contribution is -2.12. The molecule has 1 N–H and O–H groups in total. The first kappa shape index (κ1) is 10.7. The van der Waals surface area contributed by atoms with Crippen LogP contribution in [0.1, 0.15) is 60.8 Å². The van der Waals surface area contributed by atoms with Gasteiger partial charge in [0, 0.05) is 22.9 Å². The first-order valence-electron chi connectivity index (χ1n) is 6.33. The highest BCUT2D eigenvalue weighted by molar-refractivity contribution is 5.78. The van der Waals surface area contributed by atoms with Crippen LogP contribution in [-0.2, 0) is 17.6 Å². The number of carboxylic acid groups (broad SMARTS) is 1. The van der Waals surface area contributed by atoms with E-state index in [2.05, 4.69) is 9.97 Å². The molecule has 0 bridgehead atoms. The Bertz CT molecular complexity index is 481. The summed E-state index contributed by atoms with van der Waals surface area (Å²) in [6, 6.07) is 0. The molecule has 3 rings (SSSR count). The van der Waals surface area contributed by atoms with Crippen LogP contribution in [0.15, 0.2) is 0 Å². The fraction of sp³-hybridized carbons (Fsp3) is 0.615. The van der Waals surface area contributed by atoms with Crippen molar-refractivity contribution < 1.29 is 9.90 Å². The Kier molecular flexibility index (Phi) is 2.38. The van der Waals surface area contributed by atoms with Crippen molar-refractivity contribution in [3.63, 3.8) is 0 Å². The molecule has 0 aliphatic heterocycles. The molecule has 1 heterocycles. The Morgan fingerprint density at radius 3 is 2.71 bits per heavy atom. The SMILES string of the molecule is CCc1nc(C2CC2)nc2c1C(C(=O)O)CC2. The fourth-order valence-electron chi connectivity index (χ4n) is 2.65. The van der Waals surface area contributed by atoms with Gasteiger partial charge in [0.25, 0.3) is 0 Å². The van der Waals surface area contributed by atoms with Crippen LogP contribution in [0.25, 0.3) is 0 Å². The number of rotatable bonds is 3. The zero-order valence-corrected chi connectivity index (χ0v) is 9.94. The van der Waals surface area contributed by atoms with Gasteiger partial charge >= 0.3 is 5.97 Å². The molecule has 90 valence electrons. The van der Waals surface area contributed by atoms with Gasteiger partial charge in [-0.2, -0.15) is 0 Å². The molecule has 4 heteroatoms. The van der Waals surface area contributed by atoms with Crippen LogP contribution in [0.5, 0.6) is 0 Å². The van der Waals surface area contributed by atoms with Crippen LogP contribution in [0.2, 0.25) is 0 Å². The van der Waals surface area contributed by atoms with Gasteiger partial charge in [0.1, 0.15) is 5.82 Å². The summed E-state index contributed by atoms with van der Waals surface area (Å²) in [6.45, 7) is 2.04. The summed E-state index contributed by atoms with van der Waals surface area (Å²) in [7, 11) is 0. The molecule has 1 fully saturated rings. The summed E-state index contributed by atoms with van der Waals surface area (Å²) in [5, 5.41) is 9.22. The number of aliphatic carboxylic acids is 1. The summed E-state index contributed by atoms with van der Waals surface area (Å²) >= 11 is 0. The number of aromatic nitrogens is 2. The molecule has 2 aliphatic carbocycles. The third-order valence-electron chi connectivity index (χ3n) is 3.71. The number of hydrogen-bond acceptors (Lipinski definition) is 3. The predicted octanol–water partition coefficient (Wildman–Crippen LogP) is 2.03. The normalized spacial score (nSPS) is 22.5. The van der Waals surface area contributed by atoms with Crippen molar-refractivity contribution in [3.05, 3.63) is 22.8 Å². The molecule has 0 saturated heterocycles. The summed E-state index contributed by atoms with van der Waals surface area (Å²) in [5.74, 6) is 0.371. The van der Waals surface area contributed by atoms with E-state index in [0.717, 1.165) is 35.6 Å². The van der Waals surface area contributed by atoms with Crippen molar-refractivity contribution in [3.8, 4) is 0 Å². The van der Waals surface area contributed by atoms with Crippen molar-refractivity contribution in [1.29, 1.82) is 0 Å². The van der Waals surface area contributed by atoms with Gasteiger partial charge in [-0.05, 0) is 32.1 Å². The van der Waals surface area contributed by atoms with E-state index in [4.69, 9.17) is 0 Å². The molecular weight excluding hydrogens is 216 g/mol. The first-order valence-corrected chi connectivity index (χ1v) is 6.33. The fourth-order valence-corrected chi connectivity index (χ4v) is 2.65. The van der Waals surface area contributed by atoms with E-state index in [0.29, 0.717) is 12.3 Å². The first-order chi connectivity index (χ1) is 8.20. The quantitative estimate of drug-likeness (QED) is 0.866. The Hall–Kier alpha value is -1.45. The van der Waals surface area contributed by atoms with E-state index in [-0.39, 0.29) is 5.92 Å². The highest BCUT2D eigenvalue weighted by Crippen LogP contribution is 2.41.